The van der Waals surface area contributed by atoms with Crippen LogP contribution in [0.15, 0.2) is 22.7 Å². The summed E-state index contributed by atoms with van der Waals surface area (Å²) in [5.74, 6) is 5.59. The number of nitrogens with two attached hydrogens (primary N) is 1. The number of unbranched alkanes of at least 4 members (excludes halogenated alkanes) is 1. The first-order valence-corrected chi connectivity index (χ1v) is 6.97. The van der Waals surface area contributed by atoms with Gasteiger partial charge in [0, 0.05) is 14.1 Å². The molecule has 1 aromatic rings. The summed E-state index contributed by atoms with van der Waals surface area (Å²) in [6.45, 7) is 2.19. The quantitative estimate of drug-likeness (QED) is 0.462. The van der Waals surface area contributed by atoms with E-state index in [1.165, 1.54) is 22.0 Å². The summed E-state index contributed by atoms with van der Waals surface area (Å²) < 4.78 is 2.37. The summed E-state index contributed by atoms with van der Waals surface area (Å²) in [6, 6.07) is 6.58. The second-order valence-corrected chi connectivity index (χ2v) is 5.63. The molecular weight excluding hydrogens is 367 g/mol. The van der Waals surface area contributed by atoms with Crippen LogP contribution in [-0.4, -0.2) is 0 Å². The summed E-state index contributed by atoms with van der Waals surface area (Å²) in [5, 5.41) is 0. The van der Waals surface area contributed by atoms with Crippen LogP contribution in [0.2, 0.25) is 0 Å². The molecule has 0 bridgehead atoms. The van der Waals surface area contributed by atoms with Crippen molar-refractivity contribution in [2.45, 2.75) is 32.2 Å². The van der Waals surface area contributed by atoms with Gasteiger partial charge >= 0.3 is 0 Å². The zero-order valence-corrected chi connectivity index (χ0v) is 12.5. The van der Waals surface area contributed by atoms with Gasteiger partial charge in [0.15, 0.2) is 0 Å². The van der Waals surface area contributed by atoms with Crippen molar-refractivity contribution in [2.75, 3.05) is 0 Å². The van der Waals surface area contributed by atoms with Gasteiger partial charge in [-0.15, -0.1) is 0 Å². The van der Waals surface area contributed by atoms with Crippen molar-refractivity contribution in [1.82, 2.24) is 5.43 Å². The maximum absolute atomic E-state index is 5.59. The summed E-state index contributed by atoms with van der Waals surface area (Å²) in [6.07, 6.45) is 3.46. The Morgan fingerprint density at radius 1 is 1.53 bits per heavy atom. The molecule has 0 amide bonds. The molecule has 1 unspecified atom stereocenters. The number of halogens is 2. The molecule has 15 heavy (non-hydrogen) atoms. The van der Waals surface area contributed by atoms with Crippen molar-refractivity contribution >= 4 is 38.5 Å². The normalized spacial score (nSPS) is 12.8. The Kier molecular flexibility index (Phi) is 6.11. The predicted molar refractivity (Wildman–Crippen MR) is 76.4 cm³/mol. The van der Waals surface area contributed by atoms with E-state index in [4.69, 9.17) is 5.84 Å². The van der Waals surface area contributed by atoms with Crippen LogP contribution >= 0.6 is 38.5 Å². The molecule has 1 aromatic carbocycles. The van der Waals surface area contributed by atoms with E-state index >= 15 is 0 Å². The first-order chi connectivity index (χ1) is 7.19. The van der Waals surface area contributed by atoms with Gasteiger partial charge in [-0.3, -0.25) is 11.3 Å². The number of benzene rings is 1. The van der Waals surface area contributed by atoms with Gasteiger partial charge in [-0.1, -0.05) is 35.7 Å². The number of hydrogen-bond acceptors (Lipinski definition) is 2. The third-order valence-corrected chi connectivity index (χ3v) is 3.77. The second-order valence-electron chi connectivity index (χ2n) is 3.53. The van der Waals surface area contributed by atoms with E-state index in [1.54, 1.807) is 0 Å². The van der Waals surface area contributed by atoms with E-state index in [1.807, 2.05) is 0 Å². The molecule has 0 fully saturated rings. The highest BCUT2D eigenvalue weighted by Gasteiger charge is 2.12. The Morgan fingerprint density at radius 2 is 2.27 bits per heavy atom. The van der Waals surface area contributed by atoms with E-state index < -0.39 is 0 Å². The minimum absolute atomic E-state index is 0.244. The molecule has 0 radical (unpaired) electrons. The molecule has 0 aromatic heterocycles. The van der Waals surface area contributed by atoms with Crippen LogP contribution in [0.1, 0.15) is 37.8 Å². The second kappa shape index (κ2) is 6.83. The molecule has 84 valence electrons. The highest BCUT2D eigenvalue weighted by atomic mass is 127. The lowest BCUT2D eigenvalue weighted by Crippen LogP contribution is -2.28. The third kappa shape index (κ3) is 4.01. The Bertz CT molecular complexity index is 317. The highest BCUT2D eigenvalue weighted by Crippen LogP contribution is 2.28. The van der Waals surface area contributed by atoms with Gasteiger partial charge < -0.3 is 0 Å². The fourth-order valence-electron chi connectivity index (χ4n) is 1.52. The van der Waals surface area contributed by atoms with Crippen LogP contribution in [0.4, 0.5) is 0 Å². The molecule has 0 aliphatic rings. The predicted octanol–water partition coefficient (Wildman–Crippen LogP) is 3.75. The molecule has 1 atom stereocenters. The third-order valence-electron chi connectivity index (χ3n) is 2.38. The zero-order valence-electron chi connectivity index (χ0n) is 8.76. The van der Waals surface area contributed by atoms with Crippen molar-refractivity contribution in [2.24, 2.45) is 5.84 Å². The smallest absolute Gasteiger partial charge is 0.0471 e. The molecule has 0 saturated carbocycles. The maximum Gasteiger partial charge on any atom is 0.0471 e. The minimum atomic E-state index is 0.244. The lowest BCUT2D eigenvalue weighted by Gasteiger charge is -2.17. The van der Waals surface area contributed by atoms with Gasteiger partial charge in [0.25, 0.3) is 0 Å². The molecule has 4 heteroatoms. The molecule has 2 nitrogen and oxygen atoms in total. The zero-order chi connectivity index (χ0) is 11.3. The Hall–Kier alpha value is 0.350. The van der Waals surface area contributed by atoms with E-state index in [0.717, 1.165) is 10.9 Å². The number of nitrogens with one attached hydrogen (secondary N) is 1. The lowest BCUT2D eigenvalue weighted by molar-refractivity contribution is 0.493. The number of rotatable bonds is 5. The van der Waals surface area contributed by atoms with Crippen LogP contribution in [0.25, 0.3) is 0 Å². The molecular formula is C11H16BrIN2. The molecule has 3 N–H and O–H groups in total. The maximum atomic E-state index is 5.59. The molecule has 0 saturated heterocycles. The molecule has 0 aliphatic carbocycles. The van der Waals surface area contributed by atoms with Crippen molar-refractivity contribution in [3.05, 3.63) is 31.8 Å². The van der Waals surface area contributed by atoms with Gasteiger partial charge in [-0.2, -0.15) is 0 Å². The van der Waals surface area contributed by atoms with Gasteiger partial charge in [0.05, 0.1) is 0 Å². The SMILES string of the molecule is CCCCC(NN)c1cc(I)ccc1Br. The van der Waals surface area contributed by atoms with Gasteiger partial charge in [0.1, 0.15) is 0 Å². The summed E-state index contributed by atoms with van der Waals surface area (Å²) in [4.78, 5) is 0. The Labute approximate surface area is 113 Å². The Morgan fingerprint density at radius 3 is 2.87 bits per heavy atom. The number of hydrogen-bond donors (Lipinski definition) is 2. The lowest BCUT2D eigenvalue weighted by atomic mass is 10.0. The first kappa shape index (κ1) is 13.4. The first-order valence-electron chi connectivity index (χ1n) is 5.10. The monoisotopic (exact) mass is 382 g/mol. The largest absolute Gasteiger partial charge is 0.271 e. The fourth-order valence-corrected chi connectivity index (χ4v) is 2.56. The van der Waals surface area contributed by atoms with E-state index in [0.29, 0.717) is 0 Å². The average Bonchev–Trinajstić information content (AvgIpc) is 2.24. The summed E-state index contributed by atoms with van der Waals surface area (Å²) in [5.41, 5.74) is 4.14. The molecule has 1 rings (SSSR count). The van der Waals surface area contributed by atoms with Crippen molar-refractivity contribution < 1.29 is 0 Å². The van der Waals surface area contributed by atoms with Crippen LogP contribution in [0, 0.1) is 3.57 Å². The topological polar surface area (TPSA) is 38.0 Å². The summed E-state index contributed by atoms with van der Waals surface area (Å²) in [7, 11) is 0. The van der Waals surface area contributed by atoms with Crippen LogP contribution < -0.4 is 11.3 Å². The highest BCUT2D eigenvalue weighted by molar-refractivity contribution is 14.1. The Balaban J connectivity index is 2.85. The van der Waals surface area contributed by atoms with Gasteiger partial charge in [-0.05, 0) is 52.8 Å². The van der Waals surface area contributed by atoms with Crippen molar-refractivity contribution in [1.29, 1.82) is 0 Å². The van der Waals surface area contributed by atoms with E-state index in [2.05, 4.69) is 69.1 Å². The van der Waals surface area contributed by atoms with Crippen LogP contribution in [0.5, 0.6) is 0 Å². The van der Waals surface area contributed by atoms with Crippen molar-refractivity contribution in [3.8, 4) is 0 Å². The van der Waals surface area contributed by atoms with Crippen LogP contribution in [0.3, 0.4) is 0 Å². The van der Waals surface area contributed by atoms with E-state index in [9.17, 15) is 0 Å². The van der Waals surface area contributed by atoms with E-state index in [-0.39, 0.29) is 6.04 Å². The number of hydrazine groups is 1. The molecule has 0 heterocycles. The molecule has 0 aliphatic heterocycles. The van der Waals surface area contributed by atoms with Gasteiger partial charge in [-0.25, -0.2) is 0 Å². The summed E-state index contributed by atoms with van der Waals surface area (Å²) >= 11 is 5.88. The molecule has 0 spiro atoms. The van der Waals surface area contributed by atoms with Gasteiger partial charge in [0.2, 0.25) is 0 Å². The average molecular weight is 383 g/mol. The minimum Gasteiger partial charge on any atom is -0.271 e. The van der Waals surface area contributed by atoms with Crippen LogP contribution in [-0.2, 0) is 0 Å². The standard InChI is InChI=1S/C11H16BrIN2/c1-2-3-4-11(15-14)9-7-8(13)5-6-10(9)12/h5-7,11,15H,2-4,14H2,1H3. The fraction of sp³-hybridized carbons (Fsp3) is 0.455. The van der Waals surface area contributed by atoms with Crippen molar-refractivity contribution in [3.63, 3.8) is 0 Å².